The van der Waals surface area contributed by atoms with Crippen molar-refractivity contribution in [3.05, 3.63) is 22.2 Å². The second kappa shape index (κ2) is 7.06. The number of amides is 1. The number of aliphatic hydroxyl groups is 1. The molecule has 8 heteroatoms. The Morgan fingerprint density at radius 3 is 2.52 bits per heavy atom. The van der Waals surface area contributed by atoms with Crippen molar-refractivity contribution in [2.24, 2.45) is 0 Å². The number of hydrogen-bond donors (Lipinski definition) is 4. The van der Waals surface area contributed by atoms with Crippen molar-refractivity contribution >= 4 is 40.7 Å². The smallest absolute Gasteiger partial charge is 0.407 e. The topological polar surface area (TPSA) is 96.6 Å². The lowest BCUT2D eigenvalue weighted by Crippen LogP contribution is -2.39. The fraction of sp³-hybridized carbons (Fsp3) is 0.462. The van der Waals surface area contributed by atoms with Crippen LogP contribution in [0.2, 0.25) is 10.0 Å². The zero-order valence-electron chi connectivity index (χ0n) is 12.0. The summed E-state index contributed by atoms with van der Waals surface area (Å²) >= 11 is 11.7. The fourth-order valence-electron chi connectivity index (χ4n) is 1.41. The highest BCUT2D eigenvalue weighted by Gasteiger charge is 2.17. The molecule has 0 saturated heterocycles. The van der Waals surface area contributed by atoms with E-state index in [2.05, 4.69) is 10.6 Å². The number of carbonyl (C=O) groups excluding carboxylic acids is 1. The molecule has 0 saturated carbocycles. The molecule has 0 spiro atoms. The molecule has 0 aliphatic rings. The Labute approximate surface area is 133 Å². The van der Waals surface area contributed by atoms with Gasteiger partial charge in [-0.05, 0) is 32.9 Å². The summed E-state index contributed by atoms with van der Waals surface area (Å²) in [6.45, 7) is 5.18. The third-order valence-corrected chi connectivity index (χ3v) is 2.98. The molecule has 0 heterocycles. The molecule has 6 nitrogen and oxygen atoms in total. The van der Waals surface area contributed by atoms with Gasteiger partial charge in [0.15, 0.2) is 0 Å². The highest BCUT2D eigenvalue weighted by molar-refractivity contribution is 6.42. The normalized spacial score (nSPS) is 12.7. The second-order valence-corrected chi connectivity index (χ2v) is 6.21. The molecular formula is C13H19Cl2N3O3. The van der Waals surface area contributed by atoms with Crippen molar-refractivity contribution in [1.29, 1.82) is 0 Å². The van der Waals surface area contributed by atoms with Gasteiger partial charge in [0.05, 0.1) is 28.0 Å². The molecule has 1 amide bonds. The number of ether oxygens (including phenoxy) is 1. The number of aliphatic hydroxyl groups excluding tert-OH is 1. The number of nitrogen functional groups attached to an aromatic ring is 1. The predicted octanol–water partition coefficient (Wildman–Crippen LogP) is 2.83. The number of nitrogens with two attached hydrogens (primary N) is 1. The lowest BCUT2D eigenvalue weighted by molar-refractivity contribution is 0.0500. The van der Waals surface area contributed by atoms with Gasteiger partial charge in [-0.3, -0.25) is 0 Å². The molecule has 0 fully saturated rings. The molecule has 1 rings (SSSR count). The minimum Gasteiger partial charge on any atom is -0.444 e. The minimum absolute atomic E-state index is 0.0609. The molecule has 0 aliphatic carbocycles. The zero-order valence-corrected chi connectivity index (χ0v) is 13.5. The van der Waals surface area contributed by atoms with Gasteiger partial charge in [-0.2, -0.15) is 0 Å². The predicted molar refractivity (Wildman–Crippen MR) is 84.7 cm³/mol. The Hall–Kier alpha value is -1.37. The zero-order chi connectivity index (χ0) is 16.2. The molecule has 1 aromatic carbocycles. The number of rotatable bonds is 4. The van der Waals surface area contributed by atoms with Crippen LogP contribution in [0.1, 0.15) is 20.8 Å². The van der Waals surface area contributed by atoms with E-state index >= 15 is 0 Å². The van der Waals surface area contributed by atoms with Crippen molar-refractivity contribution in [2.75, 3.05) is 17.6 Å². The maximum Gasteiger partial charge on any atom is 0.407 e. The van der Waals surface area contributed by atoms with Crippen molar-refractivity contribution in [1.82, 2.24) is 5.32 Å². The van der Waals surface area contributed by atoms with Crippen LogP contribution >= 0.6 is 23.2 Å². The minimum atomic E-state index is -1.06. The van der Waals surface area contributed by atoms with Crippen LogP contribution in [0, 0.1) is 0 Å². The van der Waals surface area contributed by atoms with Gasteiger partial charge in [0, 0.05) is 0 Å². The average Bonchev–Trinajstić information content (AvgIpc) is 2.31. The highest BCUT2D eigenvalue weighted by atomic mass is 35.5. The van der Waals surface area contributed by atoms with Gasteiger partial charge in [0.25, 0.3) is 0 Å². The van der Waals surface area contributed by atoms with Crippen LogP contribution in [0.15, 0.2) is 12.1 Å². The summed E-state index contributed by atoms with van der Waals surface area (Å²) < 4.78 is 5.04. The third-order valence-electron chi connectivity index (χ3n) is 2.25. The van der Waals surface area contributed by atoms with Crippen LogP contribution < -0.4 is 16.4 Å². The van der Waals surface area contributed by atoms with Gasteiger partial charge in [-0.15, -0.1) is 0 Å². The standard InChI is InChI=1S/C13H19Cl2N3O3/c1-13(2,3)21-12(20)17-6-11(19)18-10-5-8(15)7(14)4-9(10)16/h4-5,11,18-19H,6,16H2,1-3H3,(H,17,20). The Balaban J connectivity index is 2.53. The van der Waals surface area contributed by atoms with E-state index in [0.717, 1.165) is 0 Å². The maximum absolute atomic E-state index is 11.4. The molecular weight excluding hydrogens is 317 g/mol. The Morgan fingerprint density at radius 1 is 1.38 bits per heavy atom. The summed E-state index contributed by atoms with van der Waals surface area (Å²) in [4.78, 5) is 11.4. The Morgan fingerprint density at radius 2 is 1.95 bits per heavy atom. The summed E-state index contributed by atoms with van der Waals surface area (Å²) in [7, 11) is 0. The van der Waals surface area contributed by atoms with Crippen molar-refractivity contribution in [3.63, 3.8) is 0 Å². The first-order valence-electron chi connectivity index (χ1n) is 6.24. The molecule has 5 N–H and O–H groups in total. The van der Waals surface area contributed by atoms with Gasteiger partial charge in [0.1, 0.15) is 11.8 Å². The number of anilines is 2. The van der Waals surface area contributed by atoms with E-state index in [4.69, 9.17) is 33.7 Å². The quantitative estimate of drug-likeness (QED) is 0.501. The first-order valence-corrected chi connectivity index (χ1v) is 7.00. The largest absolute Gasteiger partial charge is 0.444 e. The summed E-state index contributed by atoms with van der Waals surface area (Å²) in [5, 5.41) is 15.6. The van der Waals surface area contributed by atoms with E-state index in [0.29, 0.717) is 21.4 Å². The molecule has 0 bridgehead atoms. The van der Waals surface area contributed by atoms with E-state index in [1.165, 1.54) is 12.1 Å². The van der Waals surface area contributed by atoms with E-state index in [-0.39, 0.29) is 6.54 Å². The summed E-state index contributed by atoms with van der Waals surface area (Å²) in [5.41, 5.74) is 5.90. The van der Waals surface area contributed by atoms with Gasteiger partial charge in [-0.25, -0.2) is 4.79 Å². The summed E-state index contributed by atoms with van der Waals surface area (Å²) in [6.07, 6.45) is -1.68. The first kappa shape index (κ1) is 17.7. The van der Waals surface area contributed by atoms with E-state index in [9.17, 15) is 9.90 Å². The second-order valence-electron chi connectivity index (χ2n) is 5.40. The number of benzene rings is 1. The third kappa shape index (κ3) is 6.29. The maximum atomic E-state index is 11.4. The van der Waals surface area contributed by atoms with Crippen LogP contribution in [0.3, 0.4) is 0 Å². The van der Waals surface area contributed by atoms with Gasteiger partial charge >= 0.3 is 6.09 Å². The average molecular weight is 336 g/mol. The van der Waals surface area contributed by atoms with Gasteiger partial charge in [-0.1, -0.05) is 23.2 Å². The van der Waals surface area contributed by atoms with Crippen molar-refractivity contribution in [2.45, 2.75) is 32.6 Å². The van der Waals surface area contributed by atoms with Crippen LogP contribution in [-0.2, 0) is 4.74 Å². The molecule has 0 aromatic heterocycles. The van der Waals surface area contributed by atoms with Crippen LogP contribution in [0.25, 0.3) is 0 Å². The van der Waals surface area contributed by atoms with Gasteiger partial charge in [0.2, 0.25) is 0 Å². The van der Waals surface area contributed by atoms with E-state index in [1.807, 2.05) is 0 Å². The number of nitrogens with one attached hydrogen (secondary N) is 2. The molecule has 1 atom stereocenters. The van der Waals surface area contributed by atoms with Crippen molar-refractivity contribution < 1.29 is 14.6 Å². The summed E-state index contributed by atoms with van der Waals surface area (Å²) in [6, 6.07) is 2.97. The Bertz CT molecular complexity index is 518. The fourth-order valence-corrected chi connectivity index (χ4v) is 1.75. The van der Waals surface area contributed by atoms with Crippen LogP contribution in [-0.4, -0.2) is 29.6 Å². The van der Waals surface area contributed by atoms with E-state index < -0.39 is 17.9 Å². The molecule has 1 aromatic rings. The molecule has 21 heavy (non-hydrogen) atoms. The SMILES string of the molecule is CC(C)(C)OC(=O)NCC(O)Nc1cc(Cl)c(Cl)cc1N. The lowest BCUT2D eigenvalue weighted by atomic mass is 10.2. The van der Waals surface area contributed by atoms with E-state index in [1.54, 1.807) is 20.8 Å². The molecule has 1 unspecified atom stereocenters. The number of alkyl carbamates (subject to hydrolysis) is 1. The Kier molecular flexibility index (Phi) is 5.95. The number of carbonyl (C=O) groups is 1. The molecule has 0 radical (unpaired) electrons. The van der Waals surface area contributed by atoms with Crippen LogP contribution in [0.5, 0.6) is 0 Å². The monoisotopic (exact) mass is 335 g/mol. The molecule has 0 aliphatic heterocycles. The highest BCUT2D eigenvalue weighted by Crippen LogP contribution is 2.30. The first-order chi connectivity index (χ1) is 9.58. The van der Waals surface area contributed by atoms with Crippen LogP contribution in [0.4, 0.5) is 16.2 Å². The number of hydrogen-bond acceptors (Lipinski definition) is 5. The van der Waals surface area contributed by atoms with Crippen molar-refractivity contribution in [3.8, 4) is 0 Å². The van der Waals surface area contributed by atoms with Gasteiger partial charge < -0.3 is 26.2 Å². The molecule has 118 valence electrons. The lowest BCUT2D eigenvalue weighted by Gasteiger charge is -2.21. The number of halogens is 2. The summed E-state index contributed by atoms with van der Waals surface area (Å²) in [5.74, 6) is 0.